The summed E-state index contributed by atoms with van der Waals surface area (Å²) < 4.78 is 7.34. The van der Waals surface area contributed by atoms with E-state index in [2.05, 4.69) is 48.5 Å². The molecule has 9 heteroatoms. The molecule has 1 N–H and O–H groups in total. The number of fused-ring (bicyclic) bond motifs is 1. The minimum absolute atomic E-state index is 0.0763. The summed E-state index contributed by atoms with van der Waals surface area (Å²) in [6.45, 7) is 5.30. The Hall–Kier alpha value is -3.72. The molecule has 4 aromatic rings. The van der Waals surface area contributed by atoms with Crippen LogP contribution in [0.1, 0.15) is 61.1 Å². The Kier molecular flexibility index (Phi) is 6.84. The molecule has 0 unspecified atom stereocenters. The average Bonchev–Trinajstić information content (AvgIpc) is 3.44. The highest BCUT2D eigenvalue weighted by atomic mass is 16.5. The van der Waals surface area contributed by atoms with Gasteiger partial charge in [0.05, 0.1) is 18.7 Å². The van der Waals surface area contributed by atoms with Crippen molar-refractivity contribution in [2.45, 2.75) is 51.1 Å². The first kappa shape index (κ1) is 24.6. The van der Waals surface area contributed by atoms with E-state index in [0.29, 0.717) is 5.56 Å². The number of aromatic nitrogens is 5. The van der Waals surface area contributed by atoms with E-state index in [4.69, 9.17) is 4.74 Å². The maximum absolute atomic E-state index is 13.6. The van der Waals surface area contributed by atoms with Gasteiger partial charge in [0.1, 0.15) is 11.8 Å². The highest BCUT2D eigenvalue weighted by Gasteiger charge is 2.34. The predicted molar refractivity (Wildman–Crippen MR) is 148 cm³/mol. The second-order valence-electron chi connectivity index (χ2n) is 10.5. The first-order valence-electron chi connectivity index (χ1n) is 13.7. The van der Waals surface area contributed by atoms with Crippen molar-refractivity contribution < 1.29 is 4.74 Å². The molecule has 2 aliphatic rings. The van der Waals surface area contributed by atoms with Crippen molar-refractivity contribution in [3.8, 4) is 5.75 Å². The van der Waals surface area contributed by atoms with E-state index in [1.54, 1.807) is 7.11 Å². The molecule has 3 heterocycles. The lowest BCUT2D eigenvalue weighted by molar-refractivity contribution is 0.192. The van der Waals surface area contributed by atoms with Crippen LogP contribution in [-0.4, -0.2) is 63.4 Å². The van der Waals surface area contributed by atoms with Gasteiger partial charge in [-0.1, -0.05) is 37.5 Å². The number of nitrogens with zero attached hydrogens (tertiary/aromatic N) is 6. The number of nitrogens with one attached hydrogen (secondary N) is 1. The summed E-state index contributed by atoms with van der Waals surface area (Å²) in [4.78, 5) is 21.5. The monoisotopic (exact) mass is 513 g/mol. The zero-order valence-corrected chi connectivity index (χ0v) is 22.1. The molecule has 0 amide bonds. The molecule has 198 valence electrons. The standard InChI is InChI=1S/C29H35N7O2/c1-20-7-6-8-21-19-25(29(37)30-26(20)21)27(28-31-32-33-36(28)23-9-4-3-5-10-23)35-17-15-34(16-18-35)22-11-13-24(38-2)14-12-22/h6-8,11-14,19,23,27H,3-5,9-10,15-18H2,1-2H3,(H,30,37)/t27-/m1/s1. The second kappa shape index (κ2) is 10.6. The van der Waals surface area contributed by atoms with Crippen LogP contribution >= 0.6 is 0 Å². The third-order valence-corrected chi connectivity index (χ3v) is 8.21. The van der Waals surface area contributed by atoms with Crippen LogP contribution in [0.2, 0.25) is 0 Å². The van der Waals surface area contributed by atoms with Crippen molar-refractivity contribution in [3.05, 3.63) is 75.8 Å². The fraction of sp³-hybridized carbons (Fsp3) is 0.448. The van der Waals surface area contributed by atoms with Crippen molar-refractivity contribution >= 4 is 16.6 Å². The number of aromatic amines is 1. The number of H-pyrrole nitrogens is 1. The molecule has 0 spiro atoms. The van der Waals surface area contributed by atoms with Crippen molar-refractivity contribution in [2.75, 3.05) is 38.2 Å². The van der Waals surface area contributed by atoms with E-state index < -0.39 is 0 Å². The Morgan fingerprint density at radius 1 is 1.00 bits per heavy atom. The number of hydrogen-bond donors (Lipinski definition) is 1. The summed E-state index contributed by atoms with van der Waals surface area (Å²) in [6.07, 6.45) is 5.77. The SMILES string of the molecule is COc1ccc(N2CCN([C@H](c3cc4cccc(C)c4[nH]c3=O)c3nnnn3C3CCCCC3)CC2)cc1. The molecule has 2 aromatic heterocycles. The zero-order chi connectivity index (χ0) is 26.1. The molecule has 1 atom stereocenters. The molecule has 38 heavy (non-hydrogen) atoms. The molecular weight excluding hydrogens is 478 g/mol. The highest BCUT2D eigenvalue weighted by molar-refractivity contribution is 5.82. The van der Waals surface area contributed by atoms with E-state index in [0.717, 1.165) is 67.1 Å². The van der Waals surface area contributed by atoms with Gasteiger partial charge in [-0.15, -0.1) is 5.10 Å². The number of methoxy groups -OCH3 is 1. The third kappa shape index (κ3) is 4.67. The number of ether oxygens (including phenoxy) is 1. The normalized spacial score (nSPS) is 18.1. The van der Waals surface area contributed by atoms with Crippen molar-refractivity contribution in [2.24, 2.45) is 0 Å². The summed E-state index contributed by atoms with van der Waals surface area (Å²) >= 11 is 0. The molecule has 9 nitrogen and oxygen atoms in total. The van der Waals surface area contributed by atoms with Gasteiger partial charge in [0.2, 0.25) is 0 Å². The molecule has 1 aliphatic carbocycles. The molecule has 0 radical (unpaired) electrons. The van der Waals surface area contributed by atoms with E-state index in [9.17, 15) is 4.79 Å². The number of pyridine rings is 1. The molecule has 6 rings (SSSR count). The van der Waals surface area contributed by atoms with Gasteiger partial charge in [-0.3, -0.25) is 9.69 Å². The maximum atomic E-state index is 13.6. The molecule has 1 saturated heterocycles. The summed E-state index contributed by atoms with van der Waals surface area (Å²) in [6, 6.07) is 16.3. The van der Waals surface area contributed by atoms with E-state index in [1.807, 2.05) is 41.9 Å². The van der Waals surface area contributed by atoms with Crippen LogP contribution in [0.5, 0.6) is 5.75 Å². The number of piperazine rings is 1. The Labute approximate surface area is 222 Å². The van der Waals surface area contributed by atoms with Crippen LogP contribution in [0.4, 0.5) is 5.69 Å². The van der Waals surface area contributed by atoms with Crippen LogP contribution in [0, 0.1) is 6.92 Å². The quantitative estimate of drug-likeness (QED) is 0.412. The summed E-state index contributed by atoms with van der Waals surface area (Å²) in [7, 11) is 1.69. The summed E-state index contributed by atoms with van der Waals surface area (Å²) in [5, 5.41) is 14.2. The van der Waals surface area contributed by atoms with E-state index in [1.165, 1.54) is 24.9 Å². The van der Waals surface area contributed by atoms with Crippen LogP contribution in [0.3, 0.4) is 0 Å². The van der Waals surface area contributed by atoms with Crippen LogP contribution in [0.25, 0.3) is 10.9 Å². The summed E-state index contributed by atoms with van der Waals surface area (Å²) in [5.41, 5.74) is 3.74. The Bertz CT molecular complexity index is 1450. The number of hydrogen-bond acceptors (Lipinski definition) is 7. The van der Waals surface area contributed by atoms with Crippen LogP contribution in [-0.2, 0) is 0 Å². The van der Waals surface area contributed by atoms with E-state index >= 15 is 0 Å². The lowest BCUT2D eigenvalue weighted by Crippen LogP contribution is -2.49. The number of anilines is 1. The largest absolute Gasteiger partial charge is 0.497 e. The molecule has 0 bridgehead atoms. The van der Waals surface area contributed by atoms with Gasteiger partial charge in [-0.2, -0.15) is 0 Å². The fourth-order valence-corrected chi connectivity index (χ4v) is 6.10. The van der Waals surface area contributed by atoms with Gasteiger partial charge >= 0.3 is 0 Å². The minimum atomic E-state index is -0.321. The van der Waals surface area contributed by atoms with Gasteiger partial charge < -0.3 is 14.6 Å². The number of tetrazole rings is 1. The zero-order valence-electron chi connectivity index (χ0n) is 22.1. The summed E-state index contributed by atoms with van der Waals surface area (Å²) in [5.74, 6) is 1.63. The smallest absolute Gasteiger partial charge is 0.253 e. The lowest BCUT2D eigenvalue weighted by atomic mass is 9.95. The van der Waals surface area contributed by atoms with Gasteiger partial charge in [-0.25, -0.2) is 4.68 Å². The van der Waals surface area contributed by atoms with Gasteiger partial charge in [0, 0.05) is 37.4 Å². The molecule has 2 fully saturated rings. The lowest BCUT2D eigenvalue weighted by Gasteiger charge is -2.40. The molecule has 2 aromatic carbocycles. The van der Waals surface area contributed by atoms with Crippen LogP contribution in [0.15, 0.2) is 53.3 Å². The maximum Gasteiger partial charge on any atom is 0.253 e. The number of para-hydroxylation sites is 1. The third-order valence-electron chi connectivity index (χ3n) is 8.21. The van der Waals surface area contributed by atoms with Crippen molar-refractivity contribution in [1.29, 1.82) is 0 Å². The average molecular weight is 514 g/mol. The number of rotatable bonds is 6. The second-order valence-corrected chi connectivity index (χ2v) is 10.5. The minimum Gasteiger partial charge on any atom is -0.497 e. The Morgan fingerprint density at radius 2 is 1.76 bits per heavy atom. The fourth-order valence-electron chi connectivity index (χ4n) is 6.10. The highest BCUT2D eigenvalue weighted by Crippen LogP contribution is 2.34. The first-order chi connectivity index (χ1) is 18.6. The van der Waals surface area contributed by atoms with Gasteiger partial charge in [-0.05, 0) is 71.5 Å². The van der Waals surface area contributed by atoms with E-state index in [-0.39, 0.29) is 17.6 Å². The Morgan fingerprint density at radius 3 is 2.50 bits per heavy atom. The molecular formula is C29H35N7O2. The molecule has 1 aliphatic heterocycles. The first-order valence-corrected chi connectivity index (χ1v) is 13.7. The number of aryl methyl sites for hydroxylation is 1. The van der Waals surface area contributed by atoms with Gasteiger partial charge in [0.25, 0.3) is 5.56 Å². The van der Waals surface area contributed by atoms with Gasteiger partial charge in [0.15, 0.2) is 5.82 Å². The Balaban J connectivity index is 1.36. The van der Waals surface area contributed by atoms with Crippen LogP contribution < -0.4 is 15.2 Å². The number of benzene rings is 2. The predicted octanol–water partition coefficient (Wildman–Crippen LogP) is 4.25. The van der Waals surface area contributed by atoms with Crippen molar-refractivity contribution in [1.82, 2.24) is 30.1 Å². The topological polar surface area (TPSA) is 92.2 Å². The molecule has 1 saturated carbocycles. The van der Waals surface area contributed by atoms with Crippen molar-refractivity contribution in [3.63, 3.8) is 0 Å².